The van der Waals surface area contributed by atoms with Gasteiger partial charge in [-0.15, -0.1) is 6.58 Å². The van der Waals surface area contributed by atoms with E-state index >= 15 is 0 Å². The number of pyridine rings is 1. The number of carbonyl (C=O) groups is 5. The van der Waals surface area contributed by atoms with Gasteiger partial charge in [-0.25, -0.2) is 32.1 Å². The fraction of sp³-hybridized carbons (Fsp3) is 0.550. The predicted molar refractivity (Wildman–Crippen MR) is 207 cm³/mol. The van der Waals surface area contributed by atoms with E-state index in [1.807, 2.05) is 0 Å². The molecule has 1 aromatic heterocycles. The molecule has 3 fully saturated rings. The quantitative estimate of drug-likeness (QED) is 0.324. The Morgan fingerprint density at radius 2 is 1.72 bits per heavy atom. The van der Waals surface area contributed by atoms with Crippen molar-refractivity contribution in [3.63, 3.8) is 0 Å². The Bertz CT molecular complexity index is 2050. The van der Waals surface area contributed by atoms with Crippen LogP contribution in [-0.4, -0.2) is 96.0 Å². The number of rotatable bonds is 4. The SMILES string of the molecule is C=C[C@@H]1C[C@@]12NC(=O)[C@@H]1C[C@@H](OC(=O)N3Cc4cccc(F)c4C3)CN1C(=O)[C@@H](NC(=O)OC1CCCC1)CCCCCCCNc1ncccc1S(=O)(=O)NC2=O. The van der Waals surface area contributed by atoms with E-state index in [1.54, 1.807) is 12.1 Å². The molecule has 1 aromatic carbocycles. The lowest BCUT2D eigenvalue weighted by Crippen LogP contribution is -2.58. The molecule has 4 heterocycles. The fourth-order valence-electron chi connectivity index (χ4n) is 8.45. The van der Waals surface area contributed by atoms with Gasteiger partial charge in [0, 0.05) is 37.2 Å². The van der Waals surface area contributed by atoms with E-state index in [0.717, 1.165) is 38.5 Å². The zero-order valence-electron chi connectivity index (χ0n) is 32.3. The molecule has 5 aliphatic rings. The maximum absolute atomic E-state index is 14.6. The van der Waals surface area contributed by atoms with Gasteiger partial charge in [-0.05, 0) is 68.7 Å². The van der Waals surface area contributed by atoms with Gasteiger partial charge in [-0.2, -0.15) is 0 Å². The smallest absolute Gasteiger partial charge is 0.410 e. The number of hydrogen-bond acceptors (Lipinski definition) is 11. The minimum atomic E-state index is -4.48. The summed E-state index contributed by atoms with van der Waals surface area (Å²) >= 11 is 0. The summed E-state index contributed by atoms with van der Waals surface area (Å²) in [6.45, 7) is 4.05. The largest absolute Gasteiger partial charge is 0.446 e. The van der Waals surface area contributed by atoms with Crippen molar-refractivity contribution in [2.45, 2.75) is 125 Å². The maximum atomic E-state index is 14.6. The first kappa shape index (κ1) is 40.9. The second-order valence-electron chi connectivity index (χ2n) is 15.8. The monoisotopic (exact) mass is 823 g/mol. The molecule has 0 bridgehead atoms. The standard InChI is InChI=1S/C40H50FN7O9S/c1-2-26-21-40(26)37(51)46-58(54,55)33-17-11-19-43-34(33)42-18-9-5-3-4-6-16-31(44-38(52)56-27-13-7-8-14-27)36(50)48-23-28(20-32(48)35(49)45-40)57-39(53)47-22-25-12-10-15-30(41)29(25)24-47/h2,10-12,15,17,19,26-28,31-32H,1,3-9,13-14,16,18,20-24H2,(H,42,43)(H,44,52)(H,45,49)(H,46,51)/t26-,28-,31+,32+,40-/m1/s1. The van der Waals surface area contributed by atoms with E-state index < -0.39 is 75.4 Å². The first-order valence-corrected chi connectivity index (χ1v) is 21.6. The highest BCUT2D eigenvalue weighted by Gasteiger charge is 2.61. The molecule has 58 heavy (non-hydrogen) atoms. The first-order valence-electron chi connectivity index (χ1n) is 20.1. The Morgan fingerprint density at radius 3 is 2.48 bits per heavy atom. The average Bonchev–Trinajstić information content (AvgIpc) is 3.59. The number of aromatic nitrogens is 1. The molecule has 7 rings (SSSR count). The predicted octanol–water partition coefficient (Wildman–Crippen LogP) is 4.01. The molecule has 5 amide bonds. The number of nitrogens with one attached hydrogen (secondary N) is 4. The summed E-state index contributed by atoms with van der Waals surface area (Å²) in [5, 5.41) is 8.53. The minimum Gasteiger partial charge on any atom is -0.446 e. The van der Waals surface area contributed by atoms with Crippen molar-refractivity contribution in [2.75, 3.05) is 18.4 Å². The van der Waals surface area contributed by atoms with Gasteiger partial charge < -0.3 is 30.3 Å². The number of ether oxygens (including phenoxy) is 2. The van der Waals surface area contributed by atoms with Crippen LogP contribution >= 0.6 is 0 Å². The van der Waals surface area contributed by atoms with E-state index in [2.05, 4.69) is 32.2 Å². The van der Waals surface area contributed by atoms with E-state index in [9.17, 15) is 36.8 Å². The van der Waals surface area contributed by atoms with Crippen molar-refractivity contribution < 1.29 is 46.3 Å². The third-order valence-electron chi connectivity index (χ3n) is 11.8. The van der Waals surface area contributed by atoms with Crippen LogP contribution < -0.4 is 20.7 Å². The highest BCUT2D eigenvalue weighted by atomic mass is 32.2. The van der Waals surface area contributed by atoms with Crippen molar-refractivity contribution in [1.82, 2.24) is 30.1 Å². The number of nitrogens with zero attached hydrogens (tertiary/aromatic N) is 3. The number of benzene rings is 1. The molecular formula is C40H50FN7O9S. The molecule has 4 N–H and O–H groups in total. The van der Waals surface area contributed by atoms with Crippen molar-refractivity contribution in [3.8, 4) is 0 Å². The number of amides is 5. The van der Waals surface area contributed by atoms with Crippen LogP contribution in [0.4, 0.5) is 19.8 Å². The topological polar surface area (TPSA) is 205 Å². The van der Waals surface area contributed by atoms with E-state index in [4.69, 9.17) is 9.47 Å². The maximum Gasteiger partial charge on any atom is 0.410 e. The summed E-state index contributed by atoms with van der Waals surface area (Å²) in [5.41, 5.74) is -0.705. The summed E-state index contributed by atoms with van der Waals surface area (Å²) in [4.78, 5) is 76.0. The van der Waals surface area contributed by atoms with Gasteiger partial charge >= 0.3 is 12.2 Å². The lowest BCUT2D eigenvalue weighted by Gasteiger charge is -2.30. The molecule has 1 saturated heterocycles. The number of alkyl carbamates (subject to hydrolysis) is 1. The molecular weight excluding hydrogens is 774 g/mol. The molecule has 5 atom stereocenters. The molecule has 1 spiro atoms. The summed E-state index contributed by atoms with van der Waals surface area (Å²) in [6, 6.07) is 4.98. The second-order valence-corrected chi connectivity index (χ2v) is 17.4. The van der Waals surface area contributed by atoms with E-state index in [1.165, 1.54) is 40.3 Å². The van der Waals surface area contributed by atoms with Gasteiger partial charge in [0.1, 0.15) is 46.4 Å². The van der Waals surface area contributed by atoms with Gasteiger partial charge in [-0.1, -0.05) is 43.9 Å². The van der Waals surface area contributed by atoms with Crippen LogP contribution in [0.5, 0.6) is 0 Å². The van der Waals surface area contributed by atoms with Crippen LogP contribution in [0.2, 0.25) is 0 Å². The van der Waals surface area contributed by atoms with Crippen molar-refractivity contribution >= 4 is 45.7 Å². The summed E-state index contributed by atoms with van der Waals surface area (Å²) in [5.74, 6) is -3.40. The number of hydrogen-bond donors (Lipinski definition) is 4. The molecule has 312 valence electrons. The summed E-state index contributed by atoms with van der Waals surface area (Å²) in [6.07, 6.45) is 7.03. The number of carbonyl (C=O) groups excluding carboxylic acids is 5. The van der Waals surface area contributed by atoms with Crippen LogP contribution in [0.3, 0.4) is 0 Å². The molecule has 2 saturated carbocycles. The first-order chi connectivity index (χ1) is 27.9. The molecule has 16 nitrogen and oxygen atoms in total. The number of halogens is 1. The molecule has 0 radical (unpaired) electrons. The zero-order valence-corrected chi connectivity index (χ0v) is 33.1. The average molecular weight is 824 g/mol. The lowest BCUT2D eigenvalue weighted by molar-refractivity contribution is -0.141. The zero-order chi connectivity index (χ0) is 41.0. The Morgan fingerprint density at radius 1 is 0.966 bits per heavy atom. The van der Waals surface area contributed by atoms with Crippen molar-refractivity contribution in [1.29, 1.82) is 0 Å². The van der Waals surface area contributed by atoms with Gasteiger partial charge in [0.2, 0.25) is 11.8 Å². The number of sulfonamides is 1. The lowest BCUT2D eigenvalue weighted by atomic mass is 10.0. The molecule has 2 aromatic rings. The van der Waals surface area contributed by atoms with Gasteiger partial charge in [0.25, 0.3) is 15.9 Å². The third kappa shape index (κ3) is 8.90. The Labute approximate surface area is 336 Å². The normalized spacial score (nSPS) is 27.9. The fourth-order valence-corrected chi connectivity index (χ4v) is 9.62. The van der Waals surface area contributed by atoms with Crippen LogP contribution in [-0.2, 0) is 47.0 Å². The molecule has 2 aliphatic carbocycles. The van der Waals surface area contributed by atoms with Gasteiger partial charge in [0.15, 0.2) is 0 Å². The Balaban J connectivity index is 1.16. The molecule has 0 unspecified atom stereocenters. The van der Waals surface area contributed by atoms with Crippen LogP contribution in [0, 0.1) is 11.7 Å². The van der Waals surface area contributed by atoms with Crippen molar-refractivity contribution in [3.05, 3.63) is 66.1 Å². The highest BCUT2D eigenvalue weighted by Crippen LogP contribution is 2.45. The molecule has 3 aliphatic heterocycles. The summed E-state index contributed by atoms with van der Waals surface area (Å²) < 4.78 is 55.5. The van der Waals surface area contributed by atoms with Crippen LogP contribution in [0.15, 0.2) is 54.1 Å². The second kappa shape index (κ2) is 17.3. The van der Waals surface area contributed by atoms with Crippen LogP contribution in [0.25, 0.3) is 0 Å². The van der Waals surface area contributed by atoms with Crippen LogP contribution in [0.1, 0.15) is 88.2 Å². The van der Waals surface area contributed by atoms with E-state index in [-0.39, 0.29) is 55.7 Å². The number of fused-ring (bicyclic) bond motifs is 3. The van der Waals surface area contributed by atoms with Gasteiger partial charge in [0.05, 0.1) is 13.1 Å². The summed E-state index contributed by atoms with van der Waals surface area (Å²) in [7, 11) is -4.48. The molecule has 18 heteroatoms. The Hall–Kier alpha value is -5.26. The third-order valence-corrected chi connectivity index (χ3v) is 13.1. The highest BCUT2D eigenvalue weighted by molar-refractivity contribution is 7.90. The Kier molecular flexibility index (Phi) is 12.2. The number of anilines is 1. The van der Waals surface area contributed by atoms with Crippen molar-refractivity contribution in [2.24, 2.45) is 5.92 Å². The van der Waals surface area contributed by atoms with Gasteiger partial charge in [-0.3, -0.25) is 19.3 Å². The van der Waals surface area contributed by atoms with E-state index in [0.29, 0.717) is 36.9 Å². The minimum absolute atomic E-state index is 0.0186.